The predicted molar refractivity (Wildman–Crippen MR) is 71.9 cm³/mol. The zero-order valence-electron chi connectivity index (χ0n) is 11.7. The highest BCUT2D eigenvalue weighted by atomic mass is 16.2. The van der Waals surface area contributed by atoms with Gasteiger partial charge in [0.1, 0.15) is 0 Å². The summed E-state index contributed by atoms with van der Waals surface area (Å²) in [7, 11) is 0. The standard InChI is InChI=1S/C14H28N2O/c1-4-6-8-16(9-7-5-2)14(17)12(3)13-10-15-11-13/h12-13,15H,4-11H2,1-3H3. The molecule has 1 aliphatic rings. The van der Waals surface area contributed by atoms with E-state index in [9.17, 15) is 4.79 Å². The lowest BCUT2D eigenvalue weighted by Crippen LogP contribution is -2.50. The van der Waals surface area contributed by atoms with Gasteiger partial charge in [0.05, 0.1) is 0 Å². The van der Waals surface area contributed by atoms with Gasteiger partial charge in [0.2, 0.25) is 5.91 Å². The second-order valence-electron chi connectivity index (χ2n) is 5.24. The zero-order chi connectivity index (χ0) is 12.7. The molecule has 1 aliphatic heterocycles. The van der Waals surface area contributed by atoms with Crippen molar-refractivity contribution in [2.24, 2.45) is 11.8 Å². The van der Waals surface area contributed by atoms with E-state index < -0.39 is 0 Å². The van der Waals surface area contributed by atoms with Gasteiger partial charge in [-0.25, -0.2) is 0 Å². The first-order chi connectivity index (χ1) is 8.20. The van der Waals surface area contributed by atoms with Gasteiger partial charge in [0.25, 0.3) is 0 Å². The first kappa shape index (κ1) is 14.5. The van der Waals surface area contributed by atoms with Gasteiger partial charge < -0.3 is 10.2 Å². The Bertz CT molecular complexity index is 218. The molecule has 0 aromatic carbocycles. The smallest absolute Gasteiger partial charge is 0.225 e. The molecular weight excluding hydrogens is 212 g/mol. The molecule has 0 aromatic heterocycles. The third-order valence-corrected chi connectivity index (χ3v) is 3.78. The van der Waals surface area contributed by atoms with Crippen molar-refractivity contribution in [2.75, 3.05) is 26.2 Å². The fourth-order valence-electron chi connectivity index (χ4n) is 2.18. The maximum atomic E-state index is 12.4. The molecule has 1 unspecified atom stereocenters. The highest BCUT2D eigenvalue weighted by Crippen LogP contribution is 2.19. The molecule has 0 bridgehead atoms. The number of nitrogens with one attached hydrogen (secondary N) is 1. The lowest BCUT2D eigenvalue weighted by molar-refractivity contribution is -0.137. The Morgan fingerprint density at radius 3 is 2.12 bits per heavy atom. The van der Waals surface area contributed by atoms with Crippen LogP contribution >= 0.6 is 0 Å². The number of nitrogens with zero attached hydrogens (tertiary/aromatic N) is 1. The fraction of sp³-hybridized carbons (Fsp3) is 0.929. The van der Waals surface area contributed by atoms with Crippen LogP contribution in [0.2, 0.25) is 0 Å². The number of unbranched alkanes of at least 4 members (excludes halogenated alkanes) is 2. The van der Waals surface area contributed by atoms with Gasteiger partial charge in [-0.2, -0.15) is 0 Å². The summed E-state index contributed by atoms with van der Waals surface area (Å²) in [5, 5.41) is 3.25. The molecule has 0 aromatic rings. The van der Waals surface area contributed by atoms with E-state index in [-0.39, 0.29) is 5.92 Å². The van der Waals surface area contributed by atoms with E-state index in [0.29, 0.717) is 11.8 Å². The van der Waals surface area contributed by atoms with Crippen LogP contribution in [0.1, 0.15) is 46.5 Å². The summed E-state index contributed by atoms with van der Waals surface area (Å²) < 4.78 is 0. The summed E-state index contributed by atoms with van der Waals surface area (Å²) in [5.41, 5.74) is 0. The quantitative estimate of drug-likeness (QED) is 0.706. The second-order valence-corrected chi connectivity index (χ2v) is 5.24. The first-order valence-electron chi connectivity index (χ1n) is 7.20. The molecule has 1 heterocycles. The fourth-order valence-corrected chi connectivity index (χ4v) is 2.18. The van der Waals surface area contributed by atoms with Crippen LogP contribution in [0.3, 0.4) is 0 Å². The van der Waals surface area contributed by atoms with Crippen LogP contribution in [0.25, 0.3) is 0 Å². The maximum absolute atomic E-state index is 12.4. The van der Waals surface area contributed by atoms with Crippen molar-refractivity contribution in [1.82, 2.24) is 10.2 Å². The van der Waals surface area contributed by atoms with Crippen LogP contribution < -0.4 is 5.32 Å². The van der Waals surface area contributed by atoms with Crippen LogP contribution in [0, 0.1) is 11.8 Å². The molecule has 0 spiro atoms. The lowest BCUT2D eigenvalue weighted by atomic mass is 9.88. The lowest BCUT2D eigenvalue weighted by Gasteiger charge is -2.35. The summed E-state index contributed by atoms with van der Waals surface area (Å²) in [4.78, 5) is 14.5. The zero-order valence-corrected chi connectivity index (χ0v) is 11.7. The molecule has 1 rings (SSSR count). The average Bonchev–Trinajstić information content (AvgIpc) is 2.26. The number of hydrogen-bond acceptors (Lipinski definition) is 2. The first-order valence-corrected chi connectivity index (χ1v) is 7.20. The van der Waals surface area contributed by atoms with Crippen molar-refractivity contribution >= 4 is 5.91 Å². The van der Waals surface area contributed by atoms with Crippen molar-refractivity contribution in [3.05, 3.63) is 0 Å². The number of rotatable bonds is 8. The molecule has 17 heavy (non-hydrogen) atoms. The number of carbonyl (C=O) groups is 1. The van der Waals surface area contributed by atoms with E-state index in [1.165, 1.54) is 0 Å². The topological polar surface area (TPSA) is 32.3 Å². The Kier molecular flexibility index (Phi) is 6.56. The van der Waals surface area contributed by atoms with Crippen LogP contribution in [0.4, 0.5) is 0 Å². The molecule has 1 amide bonds. The normalized spacial score (nSPS) is 17.6. The van der Waals surface area contributed by atoms with Crippen LogP contribution in [0.5, 0.6) is 0 Å². The molecule has 3 heteroatoms. The van der Waals surface area contributed by atoms with E-state index in [1.807, 2.05) is 0 Å². The molecule has 1 N–H and O–H groups in total. The number of hydrogen-bond donors (Lipinski definition) is 1. The van der Waals surface area contributed by atoms with Gasteiger partial charge in [-0.05, 0) is 31.8 Å². The van der Waals surface area contributed by atoms with Crippen molar-refractivity contribution in [3.63, 3.8) is 0 Å². The van der Waals surface area contributed by atoms with Gasteiger partial charge in [-0.1, -0.05) is 33.6 Å². The Morgan fingerprint density at radius 1 is 1.24 bits per heavy atom. The monoisotopic (exact) mass is 240 g/mol. The highest BCUT2D eigenvalue weighted by molar-refractivity contribution is 5.79. The Morgan fingerprint density at radius 2 is 1.76 bits per heavy atom. The summed E-state index contributed by atoms with van der Waals surface area (Å²) >= 11 is 0. The van der Waals surface area contributed by atoms with Crippen LogP contribution in [-0.2, 0) is 4.79 Å². The van der Waals surface area contributed by atoms with Crippen molar-refractivity contribution in [3.8, 4) is 0 Å². The second kappa shape index (κ2) is 7.70. The van der Waals surface area contributed by atoms with Gasteiger partial charge in [-0.15, -0.1) is 0 Å². The maximum Gasteiger partial charge on any atom is 0.225 e. The molecule has 0 saturated carbocycles. The van der Waals surface area contributed by atoms with Crippen molar-refractivity contribution in [2.45, 2.75) is 46.5 Å². The number of amides is 1. The Balaban J connectivity index is 2.44. The van der Waals surface area contributed by atoms with E-state index in [1.54, 1.807) is 0 Å². The molecule has 1 atom stereocenters. The minimum atomic E-state index is 0.199. The predicted octanol–water partition coefficient (Wildman–Crippen LogP) is 2.27. The molecule has 0 radical (unpaired) electrons. The Labute approximate surface area is 106 Å². The van der Waals surface area contributed by atoms with Crippen molar-refractivity contribution < 1.29 is 4.79 Å². The molecule has 100 valence electrons. The van der Waals surface area contributed by atoms with Gasteiger partial charge in [0, 0.05) is 19.0 Å². The minimum Gasteiger partial charge on any atom is -0.342 e. The van der Waals surface area contributed by atoms with Gasteiger partial charge in [0.15, 0.2) is 0 Å². The highest BCUT2D eigenvalue weighted by Gasteiger charge is 2.31. The Hall–Kier alpha value is -0.570. The largest absolute Gasteiger partial charge is 0.342 e. The summed E-state index contributed by atoms with van der Waals surface area (Å²) in [6.07, 6.45) is 4.58. The molecule has 3 nitrogen and oxygen atoms in total. The molecule has 1 fully saturated rings. The molecular formula is C14H28N2O. The average molecular weight is 240 g/mol. The van der Waals surface area contributed by atoms with E-state index >= 15 is 0 Å². The summed E-state index contributed by atoms with van der Waals surface area (Å²) in [6.45, 7) is 10.4. The third kappa shape index (κ3) is 4.30. The minimum absolute atomic E-state index is 0.199. The summed E-state index contributed by atoms with van der Waals surface area (Å²) in [6, 6.07) is 0. The SMILES string of the molecule is CCCCN(CCCC)C(=O)C(C)C1CNC1. The summed E-state index contributed by atoms with van der Waals surface area (Å²) in [5.74, 6) is 1.14. The number of carbonyl (C=O) groups excluding carboxylic acids is 1. The van der Waals surface area contributed by atoms with E-state index in [0.717, 1.165) is 51.9 Å². The van der Waals surface area contributed by atoms with Gasteiger partial charge >= 0.3 is 0 Å². The van der Waals surface area contributed by atoms with Gasteiger partial charge in [-0.3, -0.25) is 4.79 Å². The molecule has 1 saturated heterocycles. The van der Waals surface area contributed by atoms with Crippen LogP contribution in [0.15, 0.2) is 0 Å². The van der Waals surface area contributed by atoms with E-state index in [4.69, 9.17) is 0 Å². The molecule has 0 aliphatic carbocycles. The van der Waals surface area contributed by atoms with Crippen LogP contribution in [-0.4, -0.2) is 37.0 Å². The van der Waals surface area contributed by atoms with E-state index in [2.05, 4.69) is 31.0 Å². The third-order valence-electron chi connectivity index (χ3n) is 3.78. The van der Waals surface area contributed by atoms with Crippen molar-refractivity contribution in [1.29, 1.82) is 0 Å².